The number of allylic oxidation sites excluding steroid dienone is 6. The molecule has 376 valence electrons. The smallest absolute Gasteiger partial charge is 0.306 e. The van der Waals surface area contributed by atoms with E-state index < -0.39 is 6.10 Å². The van der Waals surface area contributed by atoms with Crippen LogP contribution in [0.2, 0.25) is 0 Å². The number of ether oxygens (including phenoxy) is 3. The molecule has 0 rings (SSSR count). The summed E-state index contributed by atoms with van der Waals surface area (Å²) in [7, 11) is 0. The van der Waals surface area contributed by atoms with E-state index in [1.165, 1.54) is 205 Å². The predicted octanol–water partition coefficient (Wildman–Crippen LogP) is 19.4. The minimum Gasteiger partial charge on any atom is -0.462 e. The van der Waals surface area contributed by atoms with Gasteiger partial charge in [-0.25, -0.2) is 0 Å². The van der Waals surface area contributed by atoms with Crippen molar-refractivity contribution in [1.29, 1.82) is 0 Å². The molecule has 0 aromatic heterocycles. The van der Waals surface area contributed by atoms with Gasteiger partial charge >= 0.3 is 11.9 Å². The Morgan fingerprint density at radius 3 is 0.953 bits per heavy atom. The van der Waals surface area contributed by atoms with Gasteiger partial charge in [0, 0.05) is 19.4 Å². The summed E-state index contributed by atoms with van der Waals surface area (Å²) in [6, 6.07) is 0. The zero-order valence-corrected chi connectivity index (χ0v) is 43.3. The second-order valence-electron chi connectivity index (χ2n) is 19.2. The van der Waals surface area contributed by atoms with E-state index in [1.807, 2.05) is 0 Å². The predicted molar refractivity (Wildman–Crippen MR) is 279 cm³/mol. The van der Waals surface area contributed by atoms with E-state index in [9.17, 15) is 9.59 Å². The molecule has 5 nitrogen and oxygen atoms in total. The summed E-state index contributed by atoms with van der Waals surface area (Å²) in [5.41, 5.74) is 0. The standard InChI is InChI=1S/C59H110O5/c1-4-7-10-13-16-19-22-25-28-29-30-33-36-39-42-45-48-51-54-62-55-57(64-59(61)53-50-47-44-41-38-35-32-27-24-21-18-15-12-9-6-3)56-63-58(60)52-49-46-43-40-37-34-31-26-23-20-17-14-11-8-5-2/h25-28,31-32,57H,4-24,29-30,33-56H2,1-3H3/b28-25-,31-26-,32-27-. The Labute approximate surface area is 400 Å². The quantitative estimate of drug-likeness (QED) is 0.0346. The number of hydrogen-bond acceptors (Lipinski definition) is 5. The van der Waals surface area contributed by atoms with Crippen molar-refractivity contribution in [2.45, 2.75) is 309 Å². The fraction of sp³-hybridized carbons (Fsp3) is 0.864. The van der Waals surface area contributed by atoms with Crippen LogP contribution in [0.4, 0.5) is 0 Å². The Kier molecular flexibility index (Phi) is 53.8. The summed E-state index contributed by atoms with van der Waals surface area (Å²) in [5.74, 6) is -0.403. The van der Waals surface area contributed by atoms with Crippen LogP contribution in [0.15, 0.2) is 36.5 Å². The molecule has 0 saturated heterocycles. The second kappa shape index (κ2) is 55.4. The first-order chi connectivity index (χ1) is 31.6. The number of hydrogen-bond donors (Lipinski definition) is 0. The SMILES string of the molecule is CCCCCCCC/C=C\CCCCCCCCCCOCC(COC(=O)CCCCCCC/C=C\CCCCCCCC)OC(=O)CCCCCCC/C=C\CCCCCCCC. The summed E-state index contributed by atoms with van der Waals surface area (Å²) in [6.45, 7) is 7.84. The van der Waals surface area contributed by atoms with E-state index in [0.29, 0.717) is 19.4 Å². The maximum atomic E-state index is 12.8. The van der Waals surface area contributed by atoms with Gasteiger partial charge in [0.2, 0.25) is 0 Å². The van der Waals surface area contributed by atoms with Crippen molar-refractivity contribution in [2.75, 3.05) is 19.8 Å². The van der Waals surface area contributed by atoms with Gasteiger partial charge in [-0.1, -0.05) is 231 Å². The molecule has 0 bridgehead atoms. The van der Waals surface area contributed by atoms with E-state index in [1.54, 1.807) is 0 Å². The van der Waals surface area contributed by atoms with E-state index in [-0.39, 0.29) is 25.2 Å². The third-order valence-corrected chi connectivity index (χ3v) is 12.6. The normalized spacial score (nSPS) is 12.4. The van der Waals surface area contributed by atoms with E-state index in [2.05, 4.69) is 57.2 Å². The summed E-state index contributed by atoms with van der Waals surface area (Å²) in [4.78, 5) is 25.5. The average Bonchev–Trinajstić information content (AvgIpc) is 3.30. The second-order valence-corrected chi connectivity index (χ2v) is 19.2. The van der Waals surface area contributed by atoms with Gasteiger partial charge in [0.15, 0.2) is 6.10 Å². The van der Waals surface area contributed by atoms with Crippen LogP contribution >= 0.6 is 0 Å². The van der Waals surface area contributed by atoms with Crippen LogP contribution in [0, 0.1) is 0 Å². The molecule has 0 amide bonds. The number of rotatable bonds is 53. The molecule has 0 aromatic rings. The molecule has 5 heteroatoms. The molecule has 0 aliphatic rings. The number of esters is 2. The maximum Gasteiger partial charge on any atom is 0.306 e. The number of carbonyl (C=O) groups excluding carboxylic acids is 2. The lowest BCUT2D eigenvalue weighted by molar-refractivity contribution is -0.163. The van der Waals surface area contributed by atoms with Crippen molar-refractivity contribution in [3.63, 3.8) is 0 Å². The average molecular weight is 900 g/mol. The molecule has 0 N–H and O–H groups in total. The van der Waals surface area contributed by atoms with Gasteiger partial charge in [0.1, 0.15) is 6.61 Å². The minimum absolute atomic E-state index is 0.0803. The van der Waals surface area contributed by atoms with Crippen LogP contribution in [0.25, 0.3) is 0 Å². The van der Waals surface area contributed by atoms with Gasteiger partial charge in [-0.15, -0.1) is 0 Å². The summed E-state index contributed by atoms with van der Waals surface area (Å²) in [6.07, 6.45) is 67.3. The molecule has 0 aromatic carbocycles. The lowest BCUT2D eigenvalue weighted by Crippen LogP contribution is -2.30. The Bertz CT molecular complexity index is 1020. The first-order valence-electron chi connectivity index (χ1n) is 28.5. The van der Waals surface area contributed by atoms with Crippen LogP contribution in [-0.2, 0) is 23.8 Å². The van der Waals surface area contributed by atoms with Crippen molar-refractivity contribution in [3.05, 3.63) is 36.5 Å². The van der Waals surface area contributed by atoms with Crippen molar-refractivity contribution in [1.82, 2.24) is 0 Å². The van der Waals surface area contributed by atoms with Gasteiger partial charge in [0.25, 0.3) is 0 Å². The largest absolute Gasteiger partial charge is 0.462 e. The molecule has 1 atom stereocenters. The Morgan fingerprint density at radius 1 is 0.328 bits per heavy atom. The first kappa shape index (κ1) is 62.1. The van der Waals surface area contributed by atoms with Gasteiger partial charge in [0.05, 0.1) is 6.61 Å². The topological polar surface area (TPSA) is 61.8 Å². The lowest BCUT2D eigenvalue weighted by Gasteiger charge is -2.18. The van der Waals surface area contributed by atoms with Crippen LogP contribution < -0.4 is 0 Å². The van der Waals surface area contributed by atoms with Gasteiger partial charge < -0.3 is 14.2 Å². The molecule has 0 heterocycles. The molecule has 0 radical (unpaired) electrons. The fourth-order valence-electron chi connectivity index (χ4n) is 8.32. The zero-order valence-electron chi connectivity index (χ0n) is 43.3. The Hall–Kier alpha value is -1.88. The van der Waals surface area contributed by atoms with E-state index in [4.69, 9.17) is 14.2 Å². The van der Waals surface area contributed by atoms with E-state index >= 15 is 0 Å². The maximum absolute atomic E-state index is 12.8. The number of carbonyl (C=O) groups is 2. The molecular formula is C59H110O5. The van der Waals surface area contributed by atoms with Crippen molar-refractivity contribution >= 4 is 11.9 Å². The third kappa shape index (κ3) is 52.7. The van der Waals surface area contributed by atoms with Gasteiger partial charge in [-0.2, -0.15) is 0 Å². The fourth-order valence-corrected chi connectivity index (χ4v) is 8.32. The Balaban J connectivity index is 4.26. The highest BCUT2D eigenvalue weighted by molar-refractivity contribution is 5.70. The molecule has 0 aliphatic carbocycles. The number of unbranched alkanes of at least 4 members (excludes halogenated alkanes) is 36. The van der Waals surface area contributed by atoms with Crippen molar-refractivity contribution in [2.24, 2.45) is 0 Å². The molecule has 64 heavy (non-hydrogen) atoms. The lowest BCUT2D eigenvalue weighted by atomic mass is 10.1. The van der Waals surface area contributed by atoms with Crippen LogP contribution in [-0.4, -0.2) is 37.9 Å². The van der Waals surface area contributed by atoms with Gasteiger partial charge in [-0.3, -0.25) is 9.59 Å². The molecule has 0 spiro atoms. The highest BCUT2D eigenvalue weighted by Gasteiger charge is 2.17. The first-order valence-corrected chi connectivity index (χ1v) is 28.5. The van der Waals surface area contributed by atoms with Crippen LogP contribution in [0.5, 0.6) is 0 Å². The molecular weight excluding hydrogens is 789 g/mol. The third-order valence-electron chi connectivity index (χ3n) is 12.6. The Morgan fingerprint density at radius 2 is 0.609 bits per heavy atom. The summed E-state index contributed by atoms with van der Waals surface area (Å²) < 4.78 is 17.5. The molecule has 0 saturated carbocycles. The monoisotopic (exact) mass is 899 g/mol. The van der Waals surface area contributed by atoms with E-state index in [0.717, 1.165) is 64.2 Å². The summed E-state index contributed by atoms with van der Waals surface area (Å²) >= 11 is 0. The molecule has 0 fully saturated rings. The van der Waals surface area contributed by atoms with Crippen molar-refractivity contribution in [3.8, 4) is 0 Å². The minimum atomic E-state index is -0.543. The highest BCUT2D eigenvalue weighted by Crippen LogP contribution is 2.15. The summed E-state index contributed by atoms with van der Waals surface area (Å²) in [5, 5.41) is 0. The van der Waals surface area contributed by atoms with Crippen LogP contribution in [0.1, 0.15) is 303 Å². The molecule has 1 unspecified atom stereocenters. The van der Waals surface area contributed by atoms with Gasteiger partial charge in [-0.05, 0) is 96.3 Å². The highest BCUT2D eigenvalue weighted by atomic mass is 16.6. The zero-order chi connectivity index (χ0) is 46.3. The van der Waals surface area contributed by atoms with Crippen molar-refractivity contribution < 1.29 is 23.8 Å². The van der Waals surface area contributed by atoms with Crippen LogP contribution in [0.3, 0.4) is 0 Å². The molecule has 0 aliphatic heterocycles.